The normalized spacial score (nSPS) is 16.6. The second kappa shape index (κ2) is 6.89. The Kier molecular flexibility index (Phi) is 4.56. The zero-order chi connectivity index (χ0) is 19.1. The fraction of sp³-hybridized carbons (Fsp3) is 0.286. The topological polar surface area (TPSA) is 45.3 Å². The van der Waals surface area contributed by atoms with Crippen molar-refractivity contribution in [2.75, 3.05) is 6.54 Å². The third-order valence-corrected chi connectivity index (χ3v) is 5.06. The molecule has 0 aliphatic carbocycles. The van der Waals surface area contributed by atoms with Gasteiger partial charge in [-0.15, -0.1) is 0 Å². The van der Waals surface area contributed by atoms with Crippen molar-refractivity contribution in [3.8, 4) is 0 Å². The van der Waals surface area contributed by atoms with E-state index in [1.807, 2.05) is 38.1 Å². The van der Waals surface area contributed by atoms with Crippen LogP contribution < -0.4 is 0 Å². The monoisotopic (exact) mass is 386 g/mol. The lowest BCUT2D eigenvalue weighted by atomic mass is 9.92. The Morgan fingerprint density at radius 2 is 2.11 bits per heavy atom. The van der Waals surface area contributed by atoms with Crippen LogP contribution in [-0.4, -0.2) is 28.6 Å². The average molecular weight is 387 g/mol. The highest BCUT2D eigenvalue weighted by atomic mass is 35.5. The molecule has 1 aromatic heterocycles. The Bertz CT molecular complexity index is 1010. The van der Waals surface area contributed by atoms with E-state index in [0.29, 0.717) is 23.6 Å². The third-order valence-electron chi connectivity index (χ3n) is 4.82. The standard InChI is InChI=1S/C21H20ClFN2O2/c1-12(2)27-21(26)25-9-8-16-17-11-14(22)6-7-18(17)24-19(16)20(25)13-4-3-5-15(23)10-13/h3-7,10-12,20,24H,8-9H2,1-2H3. The van der Waals surface area contributed by atoms with Crippen LogP contribution in [-0.2, 0) is 11.2 Å². The maximum atomic E-state index is 13.9. The van der Waals surface area contributed by atoms with E-state index in [1.54, 1.807) is 11.0 Å². The highest BCUT2D eigenvalue weighted by Gasteiger charge is 2.35. The summed E-state index contributed by atoms with van der Waals surface area (Å²) in [5, 5.41) is 1.70. The summed E-state index contributed by atoms with van der Waals surface area (Å²) >= 11 is 6.18. The van der Waals surface area contributed by atoms with Gasteiger partial charge in [0.2, 0.25) is 0 Å². The summed E-state index contributed by atoms with van der Waals surface area (Å²) in [6, 6.07) is 11.6. The maximum absolute atomic E-state index is 13.9. The number of hydrogen-bond acceptors (Lipinski definition) is 2. The van der Waals surface area contributed by atoms with E-state index in [-0.39, 0.29) is 11.9 Å². The SMILES string of the molecule is CC(C)OC(=O)N1CCc2c([nH]c3ccc(Cl)cc23)C1c1cccc(F)c1. The Morgan fingerprint density at radius 1 is 1.30 bits per heavy atom. The predicted molar refractivity (Wildman–Crippen MR) is 104 cm³/mol. The number of carbonyl (C=O) groups is 1. The van der Waals surface area contributed by atoms with Gasteiger partial charge in [0.05, 0.1) is 6.10 Å². The fourth-order valence-corrected chi connectivity index (χ4v) is 3.92. The van der Waals surface area contributed by atoms with Gasteiger partial charge in [-0.25, -0.2) is 9.18 Å². The summed E-state index contributed by atoms with van der Waals surface area (Å²) in [4.78, 5) is 17.8. The molecular weight excluding hydrogens is 367 g/mol. The molecule has 0 saturated carbocycles. The number of benzene rings is 2. The molecule has 0 fully saturated rings. The maximum Gasteiger partial charge on any atom is 0.410 e. The Morgan fingerprint density at radius 3 is 2.85 bits per heavy atom. The number of rotatable bonds is 2. The quantitative estimate of drug-likeness (QED) is 0.636. The largest absolute Gasteiger partial charge is 0.447 e. The molecule has 140 valence electrons. The second-order valence-corrected chi connectivity index (χ2v) is 7.48. The van der Waals surface area contributed by atoms with E-state index in [4.69, 9.17) is 16.3 Å². The van der Waals surface area contributed by atoms with Gasteiger partial charge in [0, 0.05) is 28.2 Å². The number of aromatic amines is 1. The van der Waals surface area contributed by atoms with Gasteiger partial charge in [-0.3, -0.25) is 4.90 Å². The van der Waals surface area contributed by atoms with E-state index >= 15 is 0 Å². The van der Waals surface area contributed by atoms with Gasteiger partial charge in [-0.05, 0) is 61.7 Å². The highest BCUT2D eigenvalue weighted by molar-refractivity contribution is 6.31. The molecule has 1 unspecified atom stereocenters. The number of aromatic nitrogens is 1. The molecule has 1 amide bonds. The van der Waals surface area contributed by atoms with Gasteiger partial charge in [0.15, 0.2) is 0 Å². The number of nitrogens with one attached hydrogen (secondary N) is 1. The van der Waals surface area contributed by atoms with Crippen molar-refractivity contribution in [2.45, 2.75) is 32.4 Å². The first-order valence-corrected chi connectivity index (χ1v) is 9.34. The summed E-state index contributed by atoms with van der Waals surface area (Å²) in [5.74, 6) is -0.337. The van der Waals surface area contributed by atoms with Gasteiger partial charge in [0.1, 0.15) is 11.9 Å². The van der Waals surface area contributed by atoms with E-state index in [9.17, 15) is 9.18 Å². The van der Waals surface area contributed by atoms with Crippen LogP contribution >= 0.6 is 11.6 Å². The molecular formula is C21H20ClFN2O2. The predicted octanol–water partition coefficient (Wildman–Crippen LogP) is 5.45. The molecule has 1 aliphatic heterocycles. The molecule has 4 nitrogen and oxygen atoms in total. The number of ether oxygens (including phenoxy) is 1. The number of halogens is 2. The number of fused-ring (bicyclic) bond motifs is 3. The van der Waals surface area contributed by atoms with Crippen molar-refractivity contribution in [3.05, 3.63) is 70.1 Å². The zero-order valence-electron chi connectivity index (χ0n) is 15.1. The van der Waals surface area contributed by atoms with Crippen LogP contribution in [0.3, 0.4) is 0 Å². The molecule has 1 N–H and O–H groups in total. The molecule has 0 spiro atoms. The Labute approximate surface area is 161 Å². The van der Waals surface area contributed by atoms with Crippen LogP contribution in [0.1, 0.15) is 36.7 Å². The van der Waals surface area contributed by atoms with Crippen LogP contribution in [0.15, 0.2) is 42.5 Å². The minimum atomic E-state index is -0.443. The van der Waals surface area contributed by atoms with Gasteiger partial charge in [0.25, 0.3) is 0 Å². The smallest absolute Gasteiger partial charge is 0.410 e. The third kappa shape index (κ3) is 3.28. The summed E-state index contributed by atoms with van der Waals surface area (Å²) in [6.07, 6.45) is 0.0458. The van der Waals surface area contributed by atoms with Gasteiger partial charge >= 0.3 is 6.09 Å². The van der Waals surface area contributed by atoms with Crippen molar-refractivity contribution >= 4 is 28.6 Å². The molecule has 0 bridgehead atoms. The lowest BCUT2D eigenvalue weighted by molar-refractivity contribution is 0.0655. The van der Waals surface area contributed by atoms with E-state index in [1.165, 1.54) is 12.1 Å². The van der Waals surface area contributed by atoms with Crippen LogP contribution in [0.5, 0.6) is 0 Å². The summed E-state index contributed by atoms with van der Waals surface area (Å²) in [7, 11) is 0. The van der Waals surface area contributed by atoms with Crippen LogP contribution in [0.25, 0.3) is 10.9 Å². The molecule has 0 saturated heterocycles. The zero-order valence-corrected chi connectivity index (χ0v) is 15.9. The number of carbonyl (C=O) groups excluding carboxylic acids is 1. The molecule has 2 aromatic carbocycles. The van der Waals surface area contributed by atoms with Gasteiger partial charge in [-0.2, -0.15) is 0 Å². The van der Waals surface area contributed by atoms with Crippen molar-refractivity contribution in [2.24, 2.45) is 0 Å². The summed E-state index contributed by atoms with van der Waals surface area (Å²) in [6.45, 7) is 4.12. The first kappa shape index (κ1) is 17.9. The van der Waals surface area contributed by atoms with Crippen molar-refractivity contribution < 1.29 is 13.9 Å². The lowest BCUT2D eigenvalue weighted by Crippen LogP contribution is -2.41. The molecule has 3 aromatic rings. The minimum absolute atomic E-state index is 0.228. The van der Waals surface area contributed by atoms with Gasteiger partial charge in [-0.1, -0.05) is 23.7 Å². The van der Waals surface area contributed by atoms with Gasteiger partial charge < -0.3 is 9.72 Å². The van der Waals surface area contributed by atoms with Crippen molar-refractivity contribution in [3.63, 3.8) is 0 Å². The molecule has 1 atom stereocenters. The molecule has 0 radical (unpaired) electrons. The van der Waals surface area contributed by atoms with Crippen molar-refractivity contribution in [1.29, 1.82) is 0 Å². The van der Waals surface area contributed by atoms with Crippen LogP contribution in [0.4, 0.5) is 9.18 Å². The first-order chi connectivity index (χ1) is 12.9. The van der Waals surface area contributed by atoms with E-state index in [2.05, 4.69) is 4.98 Å². The Hall–Kier alpha value is -2.53. The number of H-pyrrole nitrogens is 1. The van der Waals surface area contributed by atoms with Crippen LogP contribution in [0, 0.1) is 5.82 Å². The molecule has 2 heterocycles. The Balaban J connectivity index is 1.87. The minimum Gasteiger partial charge on any atom is -0.447 e. The fourth-order valence-electron chi connectivity index (χ4n) is 3.75. The van der Waals surface area contributed by atoms with E-state index < -0.39 is 12.1 Å². The average Bonchev–Trinajstić information content (AvgIpc) is 2.98. The summed E-state index contributed by atoms with van der Waals surface area (Å²) < 4.78 is 19.4. The second-order valence-electron chi connectivity index (χ2n) is 7.04. The first-order valence-electron chi connectivity index (χ1n) is 8.96. The molecule has 27 heavy (non-hydrogen) atoms. The van der Waals surface area contributed by atoms with Crippen LogP contribution in [0.2, 0.25) is 5.02 Å². The summed E-state index contributed by atoms with van der Waals surface area (Å²) in [5.41, 5.74) is 3.64. The van der Waals surface area contributed by atoms with Crippen molar-refractivity contribution in [1.82, 2.24) is 9.88 Å². The number of amides is 1. The van der Waals surface area contributed by atoms with E-state index in [0.717, 1.165) is 22.2 Å². The molecule has 4 rings (SSSR count). The molecule has 6 heteroatoms. The highest BCUT2D eigenvalue weighted by Crippen LogP contribution is 2.39. The number of nitrogens with zero attached hydrogens (tertiary/aromatic N) is 1. The lowest BCUT2D eigenvalue weighted by Gasteiger charge is -2.35. The molecule has 1 aliphatic rings. The number of hydrogen-bond donors (Lipinski definition) is 1.